The van der Waals surface area contributed by atoms with Gasteiger partial charge < -0.3 is 10.6 Å². The third kappa shape index (κ3) is 2.87. The fourth-order valence-electron chi connectivity index (χ4n) is 3.84. The second kappa shape index (κ2) is 6.25. The number of fused-ring (bicyclic) bond motifs is 1. The zero-order valence-electron chi connectivity index (χ0n) is 13.7. The van der Waals surface area contributed by atoms with Gasteiger partial charge in [-0.15, -0.1) is 0 Å². The maximum absolute atomic E-state index is 12.7. The molecule has 2 aliphatic rings. The highest BCUT2D eigenvalue weighted by Gasteiger charge is 2.37. The van der Waals surface area contributed by atoms with Gasteiger partial charge in [-0.25, -0.2) is 0 Å². The van der Waals surface area contributed by atoms with Crippen LogP contribution in [0.4, 0.5) is 0 Å². The van der Waals surface area contributed by atoms with Crippen LogP contribution in [-0.2, 0) is 6.42 Å². The smallest absolute Gasteiger partial charge is 0.187 e. The van der Waals surface area contributed by atoms with E-state index in [1.807, 2.05) is 36.4 Å². The molecule has 2 aromatic carbocycles. The molecule has 0 amide bonds. The molecular weight excluding hydrogens is 296 g/mol. The van der Waals surface area contributed by atoms with Crippen molar-refractivity contribution in [1.29, 1.82) is 0 Å². The standard InChI is InChI=1S/C21H22N2O/c24-20(16-6-2-1-3-7-16)14-19-18-9-5-4-8-17(18)15-21(23-19)10-12-22-13-11-21/h1-9,14,22-23H,10-13,15H2/b19-14-. The van der Waals surface area contributed by atoms with Gasteiger partial charge >= 0.3 is 0 Å². The first-order valence-corrected chi connectivity index (χ1v) is 8.64. The number of benzene rings is 2. The van der Waals surface area contributed by atoms with Gasteiger partial charge in [0.15, 0.2) is 5.78 Å². The predicted molar refractivity (Wildman–Crippen MR) is 96.9 cm³/mol. The Bertz CT molecular complexity index is 773. The molecule has 0 radical (unpaired) electrons. The second-order valence-electron chi connectivity index (χ2n) is 6.78. The van der Waals surface area contributed by atoms with E-state index in [1.54, 1.807) is 6.08 Å². The summed E-state index contributed by atoms with van der Waals surface area (Å²) in [6, 6.07) is 17.9. The zero-order valence-corrected chi connectivity index (χ0v) is 13.7. The lowest BCUT2D eigenvalue weighted by molar-refractivity contribution is 0.104. The summed E-state index contributed by atoms with van der Waals surface area (Å²) in [4.78, 5) is 12.7. The average Bonchev–Trinajstić information content (AvgIpc) is 2.63. The first-order valence-electron chi connectivity index (χ1n) is 8.64. The molecule has 0 aromatic heterocycles. The van der Waals surface area contributed by atoms with Gasteiger partial charge in [0.05, 0.1) is 0 Å². The molecule has 122 valence electrons. The van der Waals surface area contributed by atoms with Crippen LogP contribution in [-0.4, -0.2) is 24.4 Å². The van der Waals surface area contributed by atoms with Crippen LogP contribution in [0.15, 0.2) is 60.7 Å². The summed E-state index contributed by atoms with van der Waals surface area (Å²) in [5.74, 6) is 0.0545. The molecule has 0 atom stereocenters. The fourth-order valence-corrected chi connectivity index (χ4v) is 3.84. The Morgan fingerprint density at radius 2 is 1.67 bits per heavy atom. The minimum absolute atomic E-state index is 0.0545. The molecule has 2 aromatic rings. The molecule has 24 heavy (non-hydrogen) atoms. The maximum atomic E-state index is 12.7. The zero-order chi connectivity index (χ0) is 16.4. The minimum atomic E-state index is 0.0545. The lowest BCUT2D eigenvalue weighted by atomic mass is 9.77. The monoisotopic (exact) mass is 318 g/mol. The quantitative estimate of drug-likeness (QED) is 0.660. The van der Waals surface area contributed by atoms with Crippen LogP contribution < -0.4 is 10.6 Å². The first-order chi connectivity index (χ1) is 11.8. The van der Waals surface area contributed by atoms with Gasteiger partial charge in [-0.1, -0.05) is 54.6 Å². The van der Waals surface area contributed by atoms with Gasteiger partial charge in [0, 0.05) is 28.4 Å². The molecule has 2 aliphatic heterocycles. The number of allylic oxidation sites excluding steroid dienone is 1. The van der Waals surface area contributed by atoms with E-state index < -0.39 is 0 Å². The van der Waals surface area contributed by atoms with E-state index in [-0.39, 0.29) is 11.3 Å². The molecule has 2 heterocycles. The van der Waals surface area contributed by atoms with Crippen molar-refractivity contribution in [3.8, 4) is 0 Å². The number of hydrogen-bond acceptors (Lipinski definition) is 3. The van der Waals surface area contributed by atoms with Gasteiger partial charge in [-0.05, 0) is 37.9 Å². The van der Waals surface area contributed by atoms with Crippen LogP contribution in [0.1, 0.15) is 34.3 Å². The molecule has 0 saturated carbocycles. The minimum Gasteiger partial charge on any atom is -0.379 e. The molecular formula is C21H22N2O. The number of carbonyl (C=O) groups excluding carboxylic acids is 1. The summed E-state index contributed by atoms with van der Waals surface area (Å²) in [5, 5.41) is 7.16. The van der Waals surface area contributed by atoms with E-state index in [0.717, 1.165) is 49.2 Å². The summed E-state index contributed by atoms with van der Waals surface area (Å²) in [5.41, 5.74) is 4.26. The highest BCUT2D eigenvalue weighted by Crippen LogP contribution is 2.34. The highest BCUT2D eigenvalue weighted by molar-refractivity contribution is 6.08. The Hall–Kier alpha value is -2.39. The van der Waals surface area contributed by atoms with Crippen molar-refractivity contribution >= 4 is 11.5 Å². The summed E-state index contributed by atoms with van der Waals surface area (Å²) in [6.45, 7) is 2.05. The Kier molecular flexibility index (Phi) is 3.95. The van der Waals surface area contributed by atoms with Gasteiger partial charge in [0.25, 0.3) is 0 Å². The Balaban J connectivity index is 1.73. The molecule has 0 unspecified atom stereocenters. The summed E-state index contributed by atoms with van der Waals surface area (Å²) in [6.07, 6.45) is 4.97. The van der Waals surface area contributed by atoms with Crippen molar-refractivity contribution in [2.24, 2.45) is 0 Å². The summed E-state index contributed by atoms with van der Waals surface area (Å²) >= 11 is 0. The molecule has 0 bridgehead atoms. The molecule has 1 saturated heterocycles. The highest BCUT2D eigenvalue weighted by atomic mass is 16.1. The molecule has 0 aliphatic carbocycles. The SMILES string of the molecule is O=C(/C=C1\NC2(CCNCC2)Cc2ccccc21)c1ccccc1. The molecule has 1 fully saturated rings. The van der Waals surface area contributed by atoms with Crippen molar-refractivity contribution in [2.45, 2.75) is 24.8 Å². The van der Waals surface area contributed by atoms with Crippen molar-refractivity contribution < 1.29 is 4.79 Å². The number of hydrogen-bond donors (Lipinski definition) is 2. The Morgan fingerprint density at radius 3 is 2.46 bits per heavy atom. The third-order valence-corrected chi connectivity index (χ3v) is 5.13. The van der Waals surface area contributed by atoms with E-state index in [1.165, 1.54) is 5.56 Å². The van der Waals surface area contributed by atoms with Gasteiger partial charge in [-0.3, -0.25) is 4.79 Å². The summed E-state index contributed by atoms with van der Waals surface area (Å²) < 4.78 is 0. The molecule has 4 rings (SSSR count). The largest absolute Gasteiger partial charge is 0.379 e. The number of ketones is 1. The number of carbonyl (C=O) groups is 1. The second-order valence-corrected chi connectivity index (χ2v) is 6.78. The number of piperidine rings is 1. The fraction of sp³-hybridized carbons (Fsp3) is 0.286. The molecule has 1 spiro atoms. The van der Waals surface area contributed by atoms with Crippen LogP contribution in [0.25, 0.3) is 5.70 Å². The van der Waals surface area contributed by atoms with E-state index in [2.05, 4.69) is 28.8 Å². The van der Waals surface area contributed by atoms with Crippen molar-refractivity contribution in [2.75, 3.05) is 13.1 Å². The van der Waals surface area contributed by atoms with Gasteiger partial charge in [0.1, 0.15) is 0 Å². The van der Waals surface area contributed by atoms with E-state index in [0.29, 0.717) is 0 Å². The number of rotatable bonds is 2. The third-order valence-electron chi connectivity index (χ3n) is 5.13. The molecule has 3 nitrogen and oxygen atoms in total. The van der Waals surface area contributed by atoms with E-state index >= 15 is 0 Å². The Morgan fingerprint density at radius 1 is 0.958 bits per heavy atom. The van der Waals surface area contributed by atoms with Crippen LogP contribution in [0.3, 0.4) is 0 Å². The van der Waals surface area contributed by atoms with Crippen molar-refractivity contribution in [3.63, 3.8) is 0 Å². The van der Waals surface area contributed by atoms with Gasteiger partial charge in [0.2, 0.25) is 0 Å². The average molecular weight is 318 g/mol. The predicted octanol–water partition coefficient (Wildman–Crippen LogP) is 3.18. The van der Waals surface area contributed by atoms with E-state index in [4.69, 9.17) is 0 Å². The topological polar surface area (TPSA) is 41.1 Å². The van der Waals surface area contributed by atoms with Crippen LogP contribution in [0.2, 0.25) is 0 Å². The van der Waals surface area contributed by atoms with Gasteiger partial charge in [-0.2, -0.15) is 0 Å². The van der Waals surface area contributed by atoms with Crippen molar-refractivity contribution in [3.05, 3.63) is 77.4 Å². The first kappa shape index (κ1) is 15.2. The summed E-state index contributed by atoms with van der Waals surface area (Å²) in [7, 11) is 0. The van der Waals surface area contributed by atoms with Crippen LogP contribution in [0.5, 0.6) is 0 Å². The van der Waals surface area contributed by atoms with E-state index in [9.17, 15) is 4.79 Å². The normalized spacial score (nSPS) is 20.4. The lowest BCUT2D eigenvalue weighted by Gasteiger charge is -2.44. The van der Waals surface area contributed by atoms with Crippen molar-refractivity contribution in [1.82, 2.24) is 10.6 Å². The lowest BCUT2D eigenvalue weighted by Crippen LogP contribution is -2.55. The Labute approximate surface area is 142 Å². The maximum Gasteiger partial charge on any atom is 0.187 e. The van der Waals surface area contributed by atoms with Crippen LogP contribution in [0, 0.1) is 0 Å². The van der Waals surface area contributed by atoms with Crippen LogP contribution >= 0.6 is 0 Å². The number of nitrogens with one attached hydrogen (secondary N) is 2. The molecule has 2 N–H and O–H groups in total. The molecule has 3 heteroatoms.